The largest absolute Gasteiger partial charge is 0.497 e. The second-order valence-corrected chi connectivity index (χ2v) is 7.26. The molecule has 1 heterocycles. The van der Waals surface area contributed by atoms with Crippen LogP contribution < -0.4 is 10.1 Å². The summed E-state index contributed by atoms with van der Waals surface area (Å²) in [6.07, 6.45) is 1.84. The Morgan fingerprint density at radius 1 is 1.35 bits per heavy atom. The molecule has 0 radical (unpaired) electrons. The monoisotopic (exact) mass is 340 g/mol. The summed E-state index contributed by atoms with van der Waals surface area (Å²) in [6, 6.07) is 6.52. The van der Waals surface area contributed by atoms with Crippen LogP contribution in [-0.2, 0) is 26.0 Å². The summed E-state index contributed by atoms with van der Waals surface area (Å²) in [7, 11) is -2.13. The van der Waals surface area contributed by atoms with Crippen molar-refractivity contribution in [2.45, 2.75) is 25.3 Å². The molecule has 7 nitrogen and oxygen atoms in total. The number of ether oxygens (including phenoxy) is 1. The lowest BCUT2D eigenvalue weighted by molar-refractivity contribution is -0.130. The minimum Gasteiger partial charge on any atom is -0.497 e. The first-order valence-corrected chi connectivity index (χ1v) is 9.10. The van der Waals surface area contributed by atoms with Crippen molar-refractivity contribution in [3.63, 3.8) is 0 Å². The summed E-state index contributed by atoms with van der Waals surface area (Å²) < 4.78 is 29.0. The normalized spacial score (nSPS) is 18.1. The second kappa shape index (κ2) is 6.99. The van der Waals surface area contributed by atoms with E-state index in [1.165, 1.54) is 0 Å². The van der Waals surface area contributed by atoms with Crippen molar-refractivity contribution in [3.8, 4) is 5.75 Å². The molecule has 1 aromatic rings. The Kier molecular flexibility index (Phi) is 5.25. The number of hydrogen-bond donors (Lipinski definition) is 1. The molecule has 1 saturated heterocycles. The first kappa shape index (κ1) is 17.3. The van der Waals surface area contributed by atoms with Crippen LogP contribution in [0, 0.1) is 0 Å². The molecule has 0 spiro atoms. The van der Waals surface area contributed by atoms with Crippen molar-refractivity contribution < 1.29 is 22.7 Å². The van der Waals surface area contributed by atoms with Gasteiger partial charge in [-0.25, -0.2) is 12.7 Å². The standard InChI is InChI=1S/C15H20N2O5S/c1-22-12-5-3-11(4-6-12)9-10-16-15(19)13-7-8-14(18)17(13)23(2,20)21/h3-6,13H,7-10H2,1-2H3,(H,16,19). The lowest BCUT2D eigenvalue weighted by Gasteiger charge is -2.21. The van der Waals surface area contributed by atoms with Crippen molar-refractivity contribution >= 4 is 21.8 Å². The number of rotatable bonds is 6. The zero-order valence-corrected chi connectivity index (χ0v) is 13.9. The molecule has 1 N–H and O–H groups in total. The van der Waals surface area contributed by atoms with Crippen LogP contribution in [0.25, 0.3) is 0 Å². The van der Waals surface area contributed by atoms with Crippen molar-refractivity contribution in [2.24, 2.45) is 0 Å². The maximum Gasteiger partial charge on any atom is 0.244 e. The Balaban J connectivity index is 1.90. The SMILES string of the molecule is COc1ccc(CCNC(=O)C2CCC(=O)N2S(C)(=O)=O)cc1. The van der Waals surface area contributed by atoms with Crippen molar-refractivity contribution in [1.29, 1.82) is 0 Å². The molecule has 1 unspecified atom stereocenters. The molecule has 0 saturated carbocycles. The molecule has 1 aliphatic rings. The van der Waals surface area contributed by atoms with Gasteiger partial charge in [-0.2, -0.15) is 0 Å². The minimum absolute atomic E-state index is 0.0731. The van der Waals surface area contributed by atoms with Gasteiger partial charge in [0.2, 0.25) is 21.8 Å². The van der Waals surface area contributed by atoms with Gasteiger partial charge in [0.15, 0.2) is 0 Å². The number of hydrogen-bond acceptors (Lipinski definition) is 5. The highest BCUT2D eigenvalue weighted by Crippen LogP contribution is 2.21. The topological polar surface area (TPSA) is 92.8 Å². The Morgan fingerprint density at radius 2 is 2.00 bits per heavy atom. The summed E-state index contributed by atoms with van der Waals surface area (Å²) in [4.78, 5) is 23.8. The second-order valence-electron chi connectivity index (χ2n) is 5.40. The highest BCUT2D eigenvalue weighted by molar-refractivity contribution is 7.89. The Morgan fingerprint density at radius 3 is 2.57 bits per heavy atom. The van der Waals surface area contributed by atoms with Crippen LogP contribution in [0.5, 0.6) is 5.75 Å². The van der Waals surface area contributed by atoms with E-state index in [4.69, 9.17) is 4.74 Å². The molecule has 126 valence electrons. The molecule has 0 aliphatic carbocycles. The number of carbonyl (C=O) groups excluding carboxylic acids is 2. The average Bonchev–Trinajstić information content (AvgIpc) is 2.90. The van der Waals surface area contributed by atoms with E-state index in [9.17, 15) is 18.0 Å². The van der Waals surface area contributed by atoms with E-state index in [1.807, 2.05) is 24.3 Å². The van der Waals surface area contributed by atoms with Gasteiger partial charge in [-0.05, 0) is 30.5 Å². The van der Waals surface area contributed by atoms with E-state index in [0.29, 0.717) is 17.3 Å². The lowest BCUT2D eigenvalue weighted by Crippen LogP contribution is -2.47. The fraction of sp³-hybridized carbons (Fsp3) is 0.467. The van der Waals surface area contributed by atoms with E-state index in [0.717, 1.165) is 17.6 Å². The first-order chi connectivity index (χ1) is 10.8. The summed E-state index contributed by atoms with van der Waals surface area (Å²) in [6.45, 7) is 0.369. The van der Waals surface area contributed by atoms with Gasteiger partial charge in [0.25, 0.3) is 0 Å². The summed E-state index contributed by atoms with van der Waals surface area (Å²) >= 11 is 0. The fourth-order valence-corrected chi connectivity index (χ4v) is 3.68. The van der Waals surface area contributed by atoms with Gasteiger partial charge in [-0.1, -0.05) is 12.1 Å². The molecule has 1 aromatic carbocycles. The number of methoxy groups -OCH3 is 1. The number of benzene rings is 1. The van der Waals surface area contributed by atoms with Crippen LogP contribution in [0.2, 0.25) is 0 Å². The molecule has 8 heteroatoms. The van der Waals surface area contributed by atoms with E-state index in [1.54, 1.807) is 7.11 Å². The number of carbonyl (C=O) groups is 2. The Labute approximate surface area is 135 Å². The van der Waals surface area contributed by atoms with Crippen LogP contribution in [0.4, 0.5) is 0 Å². The predicted molar refractivity (Wildman–Crippen MR) is 84.4 cm³/mol. The van der Waals surface area contributed by atoms with Gasteiger partial charge in [-0.3, -0.25) is 9.59 Å². The van der Waals surface area contributed by atoms with E-state index in [-0.39, 0.29) is 12.8 Å². The summed E-state index contributed by atoms with van der Waals surface area (Å²) in [5.74, 6) is -0.205. The average molecular weight is 340 g/mol. The molecule has 1 aliphatic heterocycles. The Bertz CT molecular complexity index is 684. The Hall–Kier alpha value is -2.09. The maximum absolute atomic E-state index is 12.1. The predicted octanol–water partition coefficient (Wildman–Crippen LogP) is 0.305. The van der Waals surface area contributed by atoms with E-state index >= 15 is 0 Å². The quantitative estimate of drug-likeness (QED) is 0.804. The fourth-order valence-electron chi connectivity index (χ4n) is 2.56. The van der Waals surface area contributed by atoms with Gasteiger partial charge >= 0.3 is 0 Å². The zero-order valence-electron chi connectivity index (χ0n) is 13.1. The summed E-state index contributed by atoms with van der Waals surface area (Å²) in [5, 5.41) is 2.70. The van der Waals surface area contributed by atoms with Gasteiger partial charge in [0.1, 0.15) is 11.8 Å². The number of sulfonamides is 1. The molecule has 1 fully saturated rings. The molecule has 0 aromatic heterocycles. The van der Waals surface area contributed by atoms with Gasteiger partial charge in [0.05, 0.1) is 13.4 Å². The van der Waals surface area contributed by atoms with Crippen molar-refractivity contribution in [3.05, 3.63) is 29.8 Å². The van der Waals surface area contributed by atoms with Crippen LogP contribution >= 0.6 is 0 Å². The zero-order chi connectivity index (χ0) is 17.0. The lowest BCUT2D eigenvalue weighted by atomic mass is 10.1. The molecular formula is C15H20N2O5S. The summed E-state index contributed by atoms with van der Waals surface area (Å²) in [5.41, 5.74) is 1.02. The molecule has 2 amide bonds. The molecule has 23 heavy (non-hydrogen) atoms. The number of amides is 2. The number of nitrogens with zero attached hydrogens (tertiary/aromatic N) is 1. The third-order valence-electron chi connectivity index (χ3n) is 3.69. The smallest absolute Gasteiger partial charge is 0.244 e. The molecule has 0 bridgehead atoms. The number of nitrogens with one attached hydrogen (secondary N) is 1. The molecule has 1 atom stereocenters. The van der Waals surface area contributed by atoms with E-state index < -0.39 is 27.9 Å². The highest BCUT2D eigenvalue weighted by Gasteiger charge is 2.41. The van der Waals surface area contributed by atoms with Gasteiger partial charge in [0, 0.05) is 13.0 Å². The van der Waals surface area contributed by atoms with Crippen LogP contribution in [-0.4, -0.2) is 50.5 Å². The van der Waals surface area contributed by atoms with Gasteiger partial charge in [-0.15, -0.1) is 0 Å². The van der Waals surface area contributed by atoms with Crippen LogP contribution in [0.1, 0.15) is 18.4 Å². The highest BCUT2D eigenvalue weighted by atomic mass is 32.2. The van der Waals surface area contributed by atoms with Crippen molar-refractivity contribution in [1.82, 2.24) is 9.62 Å². The van der Waals surface area contributed by atoms with Crippen LogP contribution in [0.15, 0.2) is 24.3 Å². The molecular weight excluding hydrogens is 320 g/mol. The third kappa shape index (κ3) is 4.22. The van der Waals surface area contributed by atoms with Crippen LogP contribution in [0.3, 0.4) is 0 Å². The third-order valence-corrected chi connectivity index (χ3v) is 4.87. The first-order valence-electron chi connectivity index (χ1n) is 7.26. The van der Waals surface area contributed by atoms with Crippen molar-refractivity contribution in [2.75, 3.05) is 19.9 Å². The van der Waals surface area contributed by atoms with Gasteiger partial charge < -0.3 is 10.1 Å². The van der Waals surface area contributed by atoms with E-state index in [2.05, 4.69) is 5.32 Å². The molecule has 2 rings (SSSR count). The minimum atomic E-state index is -3.72. The maximum atomic E-state index is 12.1.